The topological polar surface area (TPSA) is 96.2 Å². The van der Waals surface area contributed by atoms with Crippen molar-refractivity contribution in [2.75, 3.05) is 30.9 Å². The molecule has 0 aromatic carbocycles. The van der Waals surface area contributed by atoms with Crippen LogP contribution in [0, 0.1) is 0 Å². The predicted octanol–water partition coefficient (Wildman–Crippen LogP) is 1.43. The van der Waals surface area contributed by atoms with Gasteiger partial charge in [-0.1, -0.05) is 6.92 Å². The molecule has 8 heteroatoms. The molecule has 2 aromatic rings. The number of anilines is 2. The number of likely N-dealkylation sites (N-methyl/N-ethyl adjacent to an activating group) is 1. The Balaban J connectivity index is 2.28. The number of rotatable bonds is 6. The highest BCUT2D eigenvalue weighted by Gasteiger charge is 2.13. The number of fused-ring (bicyclic) bond motifs is 1. The molecule has 0 unspecified atom stereocenters. The van der Waals surface area contributed by atoms with E-state index in [4.69, 9.17) is 5.84 Å². The molecule has 0 atom stereocenters. The first-order valence-electron chi connectivity index (χ1n) is 6.83. The molecule has 21 heavy (non-hydrogen) atoms. The Morgan fingerprint density at radius 3 is 2.81 bits per heavy atom. The molecule has 0 saturated carbocycles. The number of carbonyl (C=O) groups excluding carboxylic acids is 1. The fourth-order valence-corrected chi connectivity index (χ4v) is 2.78. The number of aromatic nitrogens is 2. The van der Waals surface area contributed by atoms with E-state index in [-0.39, 0.29) is 12.5 Å². The lowest BCUT2D eigenvalue weighted by Gasteiger charge is -2.15. The number of carbonyl (C=O) groups is 1. The molecule has 0 aliphatic carbocycles. The van der Waals surface area contributed by atoms with Gasteiger partial charge in [0.25, 0.3) is 0 Å². The Bertz CT molecular complexity index is 641. The molecule has 0 saturated heterocycles. The minimum atomic E-state index is 0.0115. The molecule has 1 amide bonds. The second kappa shape index (κ2) is 6.68. The monoisotopic (exact) mass is 308 g/mol. The lowest BCUT2D eigenvalue weighted by molar-refractivity contribution is -0.127. The van der Waals surface area contributed by atoms with E-state index in [1.807, 2.05) is 6.92 Å². The third-order valence-electron chi connectivity index (χ3n) is 3.23. The largest absolute Gasteiger partial charge is 0.360 e. The summed E-state index contributed by atoms with van der Waals surface area (Å²) in [6.07, 6.45) is 0.934. The first-order valence-corrected chi connectivity index (χ1v) is 7.65. The van der Waals surface area contributed by atoms with Crippen molar-refractivity contribution in [3.63, 3.8) is 0 Å². The maximum Gasteiger partial charge on any atom is 0.241 e. The number of aryl methyl sites for hydroxylation is 1. The summed E-state index contributed by atoms with van der Waals surface area (Å²) in [6, 6.07) is 2.05. The number of nitrogen functional groups attached to an aromatic ring is 1. The van der Waals surface area contributed by atoms with Crippen molar-refractivity contribution >= 4 is 39.2 Å². The van der Waals surface area contributed by atoms with Crippen LogP contribution in [0.4, 0.5) is 11.8 Å². The summed E-state index contributed by atoms with van der Waals surface area (Å²) >= 11 is 1.60. The molecule has 2 rings (SSSR count). The van der Waals surface area contributed by atoms with Crippen LogP contribution in [0.3, 0.4) is 0 Å². The number of nitrogens with two attached hydrogens (primary N) is 1. The van der Waals surface area contributed by atoms with Gasteiger partial charge in [0.05, 0.1) is 11.9 Å². The molecule has 0 bridgehead atoms. The molecule has 0 aliphatic rings. The van der Waals surface area contributed by atoms with E-state index >= 15 is 0 Å². The average Bonchev–Trinajstić information content (AvgIpc) is 2.94. The van der Waals surface area contributed by atoms with E-state index in [2.05, 4.69) is 33.7 Å². The molecule has 0 spiro atoms. The van der Waals surface area contributed by atoms with Gasteiger partial charge in [0.2, 0.25) is 11.9 Å². The minimum Gasteiger partial charge on any atom is -0.360 e. The molecule has 4 N–H and O–H groups in total. The highest BCUT2D eigenvalue weighted by atomic mass is 32.1. The fraction of sp³-hybridized carbons (Fsp3) is 0.462. The van der Waals surface area contributed by atoms with Crippen LogP contribution in [0.2, 0.25) is 0 Å². The van der Waals surface area contributed by atoms with Gasteiger partial charge in [-0.25, -0.2) is 10.8 Å². The van der Waals surface area contributed by atoms with Crippen molar-refractivity contribution in [1.29, 1.82) is 0 Å². The van der Waals surface area contributed by atoms with E-state index in [0.717, 1.165) is 16.6 Å². The van der Waals surface area contributed by atoms with Crippen LogP contribution < -0.4 is 16.6 Å². The predicted molar refractivity (Wildman–Crippen MR) is 86.4 cm³/mol. The standard InChI is InChI=1S/C13H20N6OS/c1-4-8-6-9-11(15-7-10(20)19(3)5-2)16-13(18-14)17-12(9)21-8/h6H,4-5,7,14H2,1-3H3,(H2,15,16,17,18). The van der Waals surface area contributed by atoms with Crippen LogP contribution >= 0.6 is 11.3 Å². The van der Waals surface area contributed by atoms with Crippen molar-refractivity contribution in [2.45, 2.75) is 20.3 Å². The number of nitrogens with one attached hydrogen (secondary N) is 2. The summed E-state index contributed by atoms with van der Waals surface area (Å²) in [5.74, 6) is 6.38. The smallest absolute Gasteiger partial charge is 0.241 e. The normalized spacial score (nSPS) is 10.7. The van der Waals surface area contributed by atoms with Gasteiger partial charge in [0.15, 0.2) is 0 Å². The van der Waals surface area contributed by atoms with E-state index in [1.54, 1.807) is 23.3 Å². The number of hydrogen-bond acceptors (Lipinski definition) is 7. The highest BCUT2D eigenvalue weighted by molar-refractivity contribution is 7.18. The van der Waals surface area contributed by atoms with Crippen molar-refractivity contribution in [3.05, 3.63) is 10.9 Å². The van der Waals surface area contributed by atoms with Crippen LogP contribution in [0.15, 0.2) is 6.07 Å². The van der Waals surface area contributed by atoms with E-state index in [1.165, 1.54) is 4.88 Å². The lowest BCUT2D eigenvalue weighted by atomic mass is 10.3. The Morgan fingerprint density at radius 1 is 1.43 bits per heavy atom. The fourth-order valence-electron chi connectivity index (χ4n) is 1.82. The summed E-state index contributed by atoms with van der Waals surface area (Å²) in [4.78, 5) is 24.2. The molecule has 7 nitrogen and oxygen atoms in total. The van der Waals surface area contributed by atoms with Crippen molar-refractivity contribution in [2.24, 2.45) is 5.84 Å². The summed E-state index contributed by atoms with van der Waals surface area (Å²) in [5, 5.41) is 4.00. The molecule has 0 radical (unpaired) electrons. The van der Waals surface area contributed by atoms with E-state index in [0.29, 0.717) is 18.3 Å². The van der Waals surface area contributed by atoms with Gasteiger partial charge in [0, 0.05) is 18.5 Å². The number of nitrogens with zero attached hydrogens (tertiary/aromatic N) is 3. The van der Waals surface area contributed by atoms with Gasteiger partial charge < -0.3 is 10.2 Å². The number of amides is 1. The maximum absolute atomic E-state index is 11.9. The van der Waals surface area contributed by atoms with Crippen LogP contribution in [-0.2, 0) is 11.2 Å². The second-order valence-electron chi connectivity index (χ2n) is 4.59. The Labute approximate surface area is 127 Å². The molecule has 2 aromatic heterocycles. The molecule has 114 valence electrons. The zero-order valence-corrected chi connectivity index (χ0v) is 13.3. The molecular weight excluding hydrogens is 288 g/mol. The molecular formula is C13H20N6OS. The van der Waals surface area contributed by atoms with Crippen molar-refractivity contribution in [3.8, 4) is 0 Å². The van der Waals surface area contributed by atoms with Gasteiger partial charge in [-0.15, -0.1) is 11.3 Å². The van der Waals surface area contributed by atoms with E-state index in [9.17, 15) is 4.79 Å². The van der Waals surface area contributed by atoms with Gasteiger partial charge in [-0.2, -0.15) is 4.98 Å². The van der Waals surface area contributed by atoms with Gasteiger partial charge in [0.1, 0.15) is 10.6 Å². The molecule has 0 aliphatic heterocycles. The summed E-state index contributed by atoms with van der Waals surface area (Å²) in [5.41, 5.74) is 2.46. The number of hydrazine groups is 1. The van der Waals surface area contributed by atoms with Crippen LogP contribution in [-0.4, -0.2) is 40.9 Å². The summed E-state index contributed by atoms with van der Waals surface area (Å²) < 4.78 is 0. The Kier molecular flexibility index (Phi) is 4.92. The first kappa shape index (κ1) is 15.5. The maximum atomic E-state index is 11.9. The average molecular weight is 308 g/mol. The highest BCUT2D eigenvalue weighted by Crippen LogP contribution is 2.30. The Hall–Kier alpha value is -1.93. The first-order chi connectivity index (χ1) is 10.1. The summed E-state index contributed by atoms with van der Waals surface area (Å²) in [6.45, 7) is 4.89. The van der Waals surface area contributed by atoms with Crippen molar-refractivity contribution < 1.29 is 4.79 Å². The number of hydrogen-bond donors (Lipinski definition) is 3. The van der Waals surface area contributed by atoms with Gasteiger partial charge in [-0.05, 0) is 19.4 Å². The van der Waals surface area contributed by atoms with Gasteiger partial charge in [-0.3, -0.25) is 10.2 Å². The molecule has 2 heterocycles. The SMILES string of the molecule is CCc1cc2c(NCC(=O)N(C)CC)nc(NN)nc2s1. The minimum absolute atomic E-state index is 0.0115. The third-order valence-corrected chi connectivity index (χ3v) is 4.40. The lowest BCUT2D eigenvalue weighted by Crippen LogP contribution is -2.32. The molecule has 0 fully saturated rings. The van der Waals surface area contributed by atoms with Crippen LogP contribution in [0.5, 0.6) is 0 Å². The van der Waals surface area contributed by atoms with Crippen LogP contribution in [0.25, 0.3) is 10.2 Å². The van der Waals surface area contributed by atoms with Gasteiger partial charge >= 0.3 is 0 Å². The van der Waals surface area contributed by atoms with Crippen LogP contribution in [0.1, 0.15) is 18.7 Å². The van der Waals surface area contributed by atoms with E-state index < -0.39 is 0 Å². The summed E-state index contributed by atoms with van der Waals surface area (Å²) in [7, 11) is 1.77. The second-order valence-corrected chi connectivity index (χ2v) is 5.70. The van der Waals surface area contributed by atoms with Crippen molar-refractivity contribution in [1.82, 2.24) is 14.9 Å². The third kappa shape index (κ3) is 3.40. The number of thiophene rings is 1. The Morgan fingerprint density at radius 2 is 2.19 bits per heavy atom. The quantitative estimate of drug-likeness (QED) is 0.552. The zero-order chi connectivity index (χ0) is 15.4. The zero-order valence-electron chi connectivity index (χ0n) is 12.4.